The number of piperazine rings is 1. The third kappa shape index (κ3) is 6.33. The molecule has 0 aliphatic carbocycles. The van der Waals surface area contributed by atoms with Gasteiger partial charge in [-0.2, -0.15) is 4.31 Å². The molecule has 1 N–H and O–H groups in total. The molecule has 1 aliphatic rings. The first-order valence-electron chi connectivity index (χ1n) is 10.1. The van der Waals surface area contributed by atoms with E-state index in [0.29, 0.717) is 18.2 Å². The standard InChI is InChI=1S/C20H31N3O6S/c1-5-28-20(25)22-10-12-23(13-11-22)30(26,27)18-8-6-17(7-9-18)29-16(4)19(24)21-14-15(2)3/h6-9,15-16H,5,10-14H2,1-4H3,(H,21,24)/t16-/m1/s1. The van der Waals surface area contributed by atoms with E-state index in [2.05, 4.69) is 5.32 Å². The lowest BCUT2D eigenvalue weighted by Gasteiger charge is -2.33. The quantitative estimate of drug-likeness (QED) is 0.658. The van der Waals surface area contributed by atoms with E-state index in [0.717, 1.165) is 0 Å². The van der Waals surface area contributed by atoms with Gasteiger partial charge >= 0.3 is 6.09 Å². The second-order valence-electron chi connectivity index (χ2n) is 7.46. The monoisotopic (exact) mass is 441 g/mol. The number of hydrogen-bond donors (Lipinski definition) is 1. The molecule has 30 heavy (non-hydrogen) atoms. The molecule has 1 fully saturated rings. The molecule has 1 saturated heterocycles. The number of carbonyl (C=O) groups excluding carboxylic acids is 2. The Kier molecular flexibility index (Phi) is 8.48. The molecule has 0 unspecified atom stereocenters. The first-order chi connectivity index (χ1) is 14.1. The van der Waals surface area contributed by atoms with E-state index in [-0.39, 0.29) is 43.6 Å². The van der Waals surface area contributed by atoms with Crippen molar-refractivity contribution in [3.63, 3.8) is 0 Å². The van der Waals surface area contributed by atoms with E-state index >= 15 is 0 Å². The van der Waals surface area contributed by atoms with Crippen molar-refractivity contribution in [2.24, 2.45) is 5.92 Å². The molecule has 1 aromatic rings. The van der Waals surface area contributed by atoms with Gasteiger partial charge in [0.15, 0.2) is 6.10 Å². The zero-order valence-electron chi connectivity index (χ0n) is 18.0. The summed E-state index contributed by atoms with van der Waals surface area (Å²) in [4.78, 5) is 25.4. The number of nitrogens with zero attached hydrogens (tertiary/aromatic N) is 2. The summed E-state index contributed by atoms with van der Waals surface area (Å²) in [5.74, 6) is 0.526. The number of hydrogen-bond acceptors (Lipinski definition) is 6. The number of benzene rings is 1. The Morgan fingerprint density at radius 3 is 2.20 bits per heavy atom. The van der Waals surface area contributed by atoms with Gasteiger partial charge in [0, 0.05) is 32.7 Å². The number of nitrogens with one attached hydrogen (secondary N) is 1. The average molecular weight is 442 g/mol. The molecule has 1 atom stereocenters. The van der Waals surface area contributed by atoms with E-state index in [1.54, 1.807) is 13.8 Å². The number of ether oxygens (including phenoxy) is 2. The van der Waals surface area contributed by atoms with Gasteiger partial charge in [-0.15, -0.1) is 0 Å². The van der Waals surface area contributed by atoms with Gasteiger partial charge in [0.2, 0.25) is 10.0 Å². The molecule has 10 heteroatoms. The Bertz CT molecular complexity index is 817. The summed E-state index contributed by atoms with van der Waals surface area (Å²) in [6.45, 7) is 9.18. The van der Waals surface area contributed by atoms with Crippen molar-refractivity contribution in [3.05, 3.63) is 24.3 Å². The van der Waals surface area contributed by atoms with Crippen LogP contribution in [0, 0.1) is 5.92 Å². The second kappa shape index (κ2) is 10.6. The van der Waals surface area contributed by atoms with Crippen LogP contribution in [0.4, 0.5) is 4.79 Å². The average Bonchev–Trinajstić information content (AvgIpc) is 2.72. The summed E-state index contributed by atoms with van der Waals surface area (Å²) in [6.07, 6.45) is -1.12. The molecule has 2 amide bonds. The first-order valence-corrected chi connectivity index (χ1v) is 11.6. The minimum atomic E-state index is -3.68. The predicted octanol–water partition coefficient (Wildman–Crippen LogP) is 1.69. The van der Waals surface area contributed by atoms with Crippen LogP contribution < -0.4 is 10.1 Å². The molecule has 1 aromatic carbocycles. The van der Waals surface area contributed by atoms with Crippen LogP contribution in [0.1, 0.15) is 27.7 Å². The van der Waals surface area contributed by atoms with Gasteiger partial charge < -0.3 is 19.7 Å². The third-order valence-corrected chi connectivity index (χ3v) is 6.51. The summed E-state index contributed by atoms with van der Waals surface area (Å²) in [5, 5.41) is 2.80. The Morgan fingerprint density at radius 1 is 1.07 bits per heavy atom. The Hall–Kier alpha value is -2.33. The molecular formula is C20H31N3O6S. The van der Waals surface area contributed by atoms with Crippen LogP contribution in [0.5, 0.6) is 5.75 Å². The molecule has 0 radical (unpaired) electrons. The van der Waals surface area contributed by atoms with Crippen molar-refractivity contribution in [1.82, 2.24) is 14.5 Å². The van der Waals surface area contributed by atoms with Gasteiger partial charge in [0.05, 0.1) is 11.5 Å². The van der Waals surface area contributed by atoms with Gasteiger partial charge in [-0.05, 0) is 44.0 Å². The summed E-state index contributed by atoms with van der Waals surface area (Å²) in [6, 6.07) is 5.99. The highest BCUT2D eigenvalue weighted by molar-refractivity contribution is 7.89. The van der Waals surface area contributed by atoms with Crippen LogP contribution in [0.25, 0.3) is 0 Å². The van der Waals surface area contributed by atoms with E-state index in [9.17, 15) is 18.0 Å². The van der Waals surface area contributed by atoms with E-state index in [1.165, 1.54) is 33.5 Å². The van der Waals surface area contributed by atoms with Crippen molar-refractivity contribution >= 4 is 22.0 Å². The molecule has 0 spiro atoms. The fourth-order valence-electron chi connectivity index (χ4n) is 2.87. The molecule has 0 bridgehead atoms. The fourth-order valence-corrected chi connectivity index (χ4v) is 4.29. The second-order valence-corrected chi connectivity index (χ2v) is 9.40. The molecule has 1 heterocycles. The van der Waals surface area contributed by atoms with Crippen LogP contribution in [0.15, 0.2) is 29.2 Å². The number of amides is 2. The Labute approximate surface area is 178 Å². The van der Waals surface area contributed by atoms with Crippen LogP contribution >= 0.6 is 0 Å². The predicted molar refractivity (Wildman–Crippen MR) is 112 cm³/mol. The van der Waals surface area contributed by atoms with Crippen LogP contribution in [0.3, 0.4) is 0 Å². The number of carbonyl (C=O) groups is 2. The Morgan fingerprint density at radius 2 is 1.67 bits per heavy atom. The van der Waals surface area contributed by atoms with E-state index in [4.69, 9.17) is 9.47 Å². The van der Waals surface area contributed by atoms with Gasteiger partial charge in [0.1, 0.15) is 5.75 Å². The lowest BCUT2D eigenvalue weighted by molar-refractivity contribution is -0.127. The highest BCUT2D eigenvalue weighted by Crippen LogP contribution is 2.21. The van der Waals surface area contributed by atoms with Gasteiger partial charge in [-0.3, -0.25) is 4.79 Å². The first kappa shape index (κ1) is 23.9. The molecule has 2 rings (SSSR count). The molecule has 1 aliphatic heterocycles. The minimum Gasteiger partial charge on any atom is -0.481 e. The largest absolute Gasteiger partial charge is 0.481 e. The smallest absolute Gasteiger partial charge is 0.409 e. The summed E-state index contributed by atoms with van der Waals surface area (Å²) in [5.41, 5.74) is 0. The molecule has 9 nitrogen and oxygen atoms in total. The topological polar surface area (TPSA) is 105 Å². The molecular weight excluding hydrogens is 410 g/mol. The molecule has 168 valence electrons. The normalized spacial score (nSPS) is 16.2. The van der Waals surface area contributed by atoms with E-state index in [1.807, 2.05) is 13.8 Å². The summed E-state index contributed by atoms with van der Waals surface area (Å²) in [7, 11) is -3.68. The third-order valence-electron chi connectivity index (χ3n) is 4.59. The zero-order valence-corrected chi connectivity index (χ0v) is 18.8. The minimum absolute atomic E-state index is 0.136. The maximum absolute atomic E-state index is 12.9. The van der Waals surface area contributed by atoms with Crippen LogP contribution in [-0.4, -0.2) is 75.1 Å². The SMILES string of the molecule is CCOC(=O)N1CCN(S(=O)(=O)c2ccc(O[C@H](C)C(=O)NCC(C)C)cc2)CC1. The summed E-state index contributed by atoms with van der Waals surface area (Å²) >= 11 is 0. The van der Waals surface area contributed by atoms with Crippen molar-refractivity contribution in [2.45, 2.75) is 38.7 Å². The van der Waals surface area contributed by atoms with Crippen molar-refractivity contribution in [1.29, 1.82) is 0 Å². The van der Waals surface area contributed by atoms with Crippen molar-refractivity contribution in [3.8, 4) is 5.75 Å². The maximum atomic E-state index is 12.9. The number of sulfonamides is 1. The summed E-state index contributed by atoms with van der Waals surface area (Å²) < 4.78 is 37.6. The van der Waals surface area contributed by atoms with Gasteiger partial charge in [-0.25, -0.2) is 13.2 Å². The zero-order chi connectivity index (χ0) is 22.3. The van der Waals surface area contributed by atoms with E-state index < -0.39 is 22.2 Å². The fraction of sp³-hybridized carbons (Fsp3) is 0.600. The molecule has 0 aromatic heterocycles. The highest BCUT2D eigenvalue weighted by atomic mass is 32.2. The lowest BCUT2D eigenvalue weighted by atomic mass is 10.2. The number of rotatable bonds is 8. The maximum Gasteiger partial charge on any atom is 0.409 e. The van der Waals surface area contributed by atoms with Gasteiger partial charge in [0.25, 0.3) is 5.91 Å². The lowest BCUT2D eigenvalue weighted by Crippen LogP contribution is -2.50. The van der Waals surface area contributed by atoms with Crippen molar-refractivity contribution in [2.75, 3.05) is 39.3 Å². The van der Waals surface area contributed by atoms with Gasteiger partial charge in [-0.1, -0.05) is 13.8 Å². The highest BCUT2D eigenvalue weighted by Gasteiger charge is 2.30. The Balaban J connectivity index is 1.95. The molecule has 0 saturated carbocycles. The van der Waals surface area contributed by atoms with Crippen LogP contribution in [-0.2, 0) is 19.6 Å². The van der Waals surface area contributed by atoms with Crippen LogP contribution in [0.2, 0.25) is 0 Å². The van der Waals surface area contributed by atoms with Crippen molar-refractivity contribution < 1.29 is 27.5 Å².